The summed E-state index contributed by atoms with van der Waals surface area (Å²) in [6.45, 7) is 15.6. The van der Waals surface area contributed by atoms with E-state index in [0.29, 0.717) is 0 Å². The molecule has 0 saturated carbocycles. The maximum atomic E-state index is 3.91. The van der Waals surface area contributed by atoms with Crippen LogP contribution in [0.4, 0.5) is 0 Å². The molecule has 0 aliphatic carbocycles. The Morgan fingerprint density at radius 1 is 1.46 bits per heavy atom. The molecule has 0 aromatic heterocycles. The third-order valence-electron chi connectivity index (χ3n) is 1.86. The fourth-order valence-electron chi connectivity index (χ4n) is 1.73. The SMILES string of the molecule is C=C(C)CN(C)CC(C)(C)NCC. The molecule has 1 N–H and O–H groups in total. The monoisotopic (exact) mass is 184 g/mol. The second kappa shape index (κ2) is 5.40. The molecular weight excluding hydrogens is 160 g/mol. The second-order valence-electron chi connectivity index (χ2n) is 4.54. The molecule has 0 rings (SSSR count). The summed E-state index contributed by atoms with van der Waals surface area (Å²) < 4.78 is 0. The number of likely N-dealkylation sites (N-methyl/N-ethyl adjacent to an activating group) is 2. The van der Waals surface area contributed by atoms with Crippen LogP contribution in [0.25, 0.3) is 0 Å². The van der Waals surface area contributed by atoms with Crippen LogP contribution in [0.1, 0.15) is 27.7 Å². The highest BCUT2D eigenvalue weighted by Gasteiger charge is 2.17. The Kier molecular flexibility index (Phi) is 5.26. The van der Waals surface area contributed by atoms with Crippen LogP contribution in [-0.2, 0) is 0 Å². The average Bonchev–Trinajstić information content (AvgIpc) is 1.81. The minimum atomic E-state index is 0.193. The summed E-state index contributed by atoms with van der Waals surface area (Å²) in [7, 11) is 2.13. The van der Waals surface area contributed by atoms with E-state index in [1.165, 1.54) is 5.57 Å². The average molecular weight is 184 g/mol. The molecule has 13 heavy (non-hydrogen) atoms. The standard InChI is InChI=1S/C11H24N2/c1-7-12-11(4,5)9-13(6)8-10(2)3/h12H,2,7-9H2,1,3-6H3. The first-order valence-electron chi connectivity index (χ1n) is 4.95. The van der Waals surface area contributed by atoms with Crippen molar-refractivity contribution in [3.8, 4) is 0 Å². The number of rotatable bonds is 6. The molecule has 0 aliphatic rings. The van der Waals surface area contributed by atoms with Crippen LogP contribution in [0.2, 0.25) is 0 Å². The molecule has 0 amide bonds. The first kappa shape index (κ1) is 12.7. The van der Waals surface area contributed by atoms with Crippen molar-refractivity contribution in [2.24, 2.45) is 0 Å². The van der Waals surface area contributed by atoms with E-state index in [1.807, 2.05) is 0 Å². The molecule has 0 radical (unpaired) electrons. The van der Waals surface area contributed by atoms with Crippen molar-refractivity contribution in [3.63, 3.8) is 0 Å². The third-order valence-corrected chi connectivity index (χ3v) is 1.86. The molecule has 0 bridgehead atoms. The fraction of sp³-hybridized carbons (Fsp3) is 0.818. The molecule has 0 unspecified atom stereocenters. The molecule has 0 aliphatic heterocycles. The minimum absolute atomic E-state index is 0.193. The summed E-state index contributed by atoms with van der Waals surface area (Å²) >= 11 is 0. The van der Waals surface area contributed by atoms with E-state index >= 15 is 0 Å². The van der Waals surface area contributed by atoms with Crippen LogP contribution in [0.15, 0.2) is 12.2 Å². The lowest BCUT2D eigenvalue weighted by Gasteiger charge is -2.31. The lowest BCUT2D eigenvalue weighted by Crippen LogP contribution is -2.48. The van der Waals surface area contributed by atoms with Gasteiger partial charge in [-0.2, -0.15) is 0 Å². The highest BCUT2D eigenvalue weighted by molar-refractivity contribution is 4.93. The van der Waals surface area contributed by atoms with Crippen LogP contribution in [0, 0.1) is 0 Å². The Balaban J connectivity index is 3.88. The maximum Gasteiger partial charge on any atom is 0.0252 e. The van der Waals surface area contributed by atoms with Crippen LogP contribution < -0.4 is 5.32 Å². The first-order chi connectivity index (χ1) is 5.87. The van der Waals surface area contributed by atoms with Gasteiger partial charge in [0.25, 0.3) is 0 Å². The summed E-state index contributed by atoms with van der Waals surface area (Å²) in [4.78, 5) is 2.30. The van der Waals surface area contributed by atoms with Gasteiger partial charge in [-0.15, -0.1) is 0 Å². The van der Waals surface area contributed by atoms with Crippen LogP contribution >= 0.6 is 0 Å². The third kappa shape index (κ3) is 6.79. The number of nitrogens with zero attached hydrogens (tertiary/aromatic N) is 1. The largest absolute Gasteiger partial charge is 0.311 e. The van der Waals surface area contributed by atoms with Crippen molar-refractivity contribution in [1.82, 2.24) is 10.2 Å². The van der Waals surface area contributed by atoms with Gasteiger partial charge in [0.15, 0.2) is 0 Å². The summed E-state index contributed by atoms with van der Waals surface area (Å²) in [6, 6.07) is 0. The van der Waals surface area contributed by atoms with Crippen molar-refractivity contribution < 1.29 is 0 Å². The molecule has 0 atom stereocenters. The van der Waals surface area contributed by atoms with Gasteiger partial charge in [-0.3, -0.25) is 0 Å². The highest BCUT2D eigenvalue weighted by atomic mass is 15.1. The van der Waals surface area contributed by atoms with E-state index in [1.54, 1.807) is 0 Å². The van der Waals surface area contributed by atoms with Gasteiger partial charge in [0.1, 0.15) is 0 Å². The van der Waals surface area contributed by atoms with Crippen molar-refractivity contribution >= 4 is 0 Å². The Hall–Kier alpha value is -0.340. The lowest BCUT2D eigenvalue weighted by atomic mass is 10.1. The smallest absolute Gasteiger partial charge is 0.0252 e. The second-order valence-corrected chi connectivity index (χ2v) is 4.54. The zero-order valence-electron chi connectivity index (χ0n) is 9.78. The van der Waals surface area contributed by atoms with Gasteiger partial charge in [0.05, 0.1) is 0 Å². The minimum Gasteiger partial charge on any atom is -0.311 e. The van der Waals surface area contributed by atoms with Crippen LogP contribution in [0.3, 0.4) is 0 Å². The van der Waals surface area contributed by atoms with Gasteiger partial charge < -0.3 is 10.2 Å². The quantitative estimate of drug-likeness (QED) is 0.634. The predicted molar refractivity (Wildman–Crippen MR) is 60.1 cm³/mol. The number of hydrogen-bond acceptors (Lipinski definition) is 2. The first-order valence-corrected chi connectivity index (χ1v) is 4.95. The molecule has 78 valence electrons. The fourth-order valence-corrected chi connectivity index (χ4v) is 1.73. The molecule has 2 nitrogen and oxygen atoms in total. The van der Waals surface area contributed by atoms with Crippen molar-refractivity contribution in [1.29, 1.82) is 0 Å². The Morgan fingerprint density at radius 2 is 2.00 bits per heavy atom. The van der Waals surface area contributed by atoms with Gasteiger partial charge in [-0.1, -0.05) is 19.1 Å². The molecule has 0 saturated heterocycles. The Labute approximate surface area is 83.0 Å². The zero-order valence-corrected chi connectivity index (χ0v) is 9.78. The molecule has 0 aromatic rings. The highest BCUT2D eigenvalue weighted by Crippen LogP contribution is 2.05. The summed E-state index contributed by atoms with van der Waals surface area (Å²) in [6.07, 6.45) is 0. The zero-order chi connectivity index (χ0) is 10.5. The van der Waals surface area contributed by atoms with Crippen molar-refractivity contribution in [2.75, 3.05) is 26.7 Å². The van der Waals surface area contributed by atoms with E-state index in [0.717, 1.165) is 19.6 Å². The van der Waals surface area contributed by atoms with Crippen molar-refractivity contribution in [2.45, 2.75) is 33.2 Å². The number of nitrogens with one attached hydrogen (secondary N) is 1. The topological polar surface area (TPSA) is 15.3 Å². The Bertz CT molecular complexity index is 161. The van der Waals surface area contributed by atoms with Gasteiger partial charge in [0.2, 0.25) is 0 Å². The van der Waals surface area contributed by atoms with E-state index in [-0.39, 0.29) is 5.54 Å². The van der Waals surface area contributed by atoms with E-state index in [9.17, 15) is 0 Å². The molecule has 0 aromatic carbocycles. The molecular formula is C11H24N2. The van der Waals surface area contributed by atoms with Crippen LogP contribution in [-0.4, -0.2) is 37.1 Å². The number of hydrogen-bond donors (Lipinski definition) is 1. The van der Waals surface area contributed by atoms with Gasteiger partial charge >= 0.3 is 0 Å². The normalized spacial score (nSPS) is 12.2. The molecule has 2 heteroatoms. The lowest BCUT2D eigenvalue weighted by molar-refractivity contribution is 0.251. The van der Waals surface area contributed by atoms with Gasteiger partial charge in [-0.05, 0) is 34.4 Å². The van der Waals surface area contributed by atoms with E-state index < -0.39 is 0 Å². The van der Waals surface area contributed by atoms with Gasteiger partial charge in [-0.25, -0.2) is 0 Å². The van der Waals surface area contributed by atoms with Crippen molar-refractivity contribution in [3.05, 3.63) is 12.2 Å². The Morgan fingerprint density at radius 3 is 2.38 bits per heavy atom. The van der Waals surface area contributed by atoms with E-state index in [2.05, 4.69) is 51.5 Å². The predicted octanol–water partition coefficient (Wildman–Crippen LogP) is 1.88. The van der Waals surface area contributed by atoms with Gasteiger partial charge in [0, 0.05) is 18.6 Å². The summed E-state index contributed by atoms with van der Waals surface area (Å²) in [5.41, 5.74) is 1.41. The summed E-state index contributed by atoms with van der Waals surface area (Å²) in [5, 5.41) is 3.45. The van der Waals surface area contributed by atoms with Crippen LogP contribution in [0.5, 0.6) is 0 Å². The summed E-state index contributed by atoms with van der Waals surface area (Å²) in [5.74, 6) is 0. The maximum absolute atomic E-state index is 3.91. The van der Waals surface area contributed by atoms with E-state index in [4.69, 9.17) is 0 Å². The molecule has 0 heterocycles. The molecule has 0 fully saturated rings. The molecule has 0 spiro atoms.